The predicted octanol–water partition coefficient (Wildman–Crippen LogP) is 2.98. The number of rotatable bonds is 3. The molecule has 7 heteroatoms. The molecule has 0 saturated heterocycles. The molecule has 0 aliphatic heterocycles. The first kappa shape index (κ1) is 23.6. The SMILES string of the molecule is CC(=O)[C@H]1CC[C@@]2(O)[C@]1(C)[C@H](OC(=O)c1cccnc1)C[C@@H]1[C@@]3(C)CC[C@H](O)CC3=CC[C@]12O. The van der Waals surface area contributed by atoms with E-state index >= 15 is 0 Å². The second kappa shape index (κ2) is 7.70. The number of esters is 1. The number of fused-ring (bicyclic) bond motifs is 5. The van der Waals surface area contributed by atoms with Gasteiger partial charge >= 0.3 is 5.97 Å². The highest BCUT2D eigenvalue weighted by Crippen LogP contribution is 2.70. The third kappa shape index (κ3) is 2.96. The van der Waals surface area contributed by atoms with Gasteiger partial charge in [-0.3, -0.25) is 9.78 Å². The Bertz CT molecular complexity index is 1040. The molecule has 3 fully saturated rings. The number of ether oxygens (including phenoxy) is 1. The Kier molecular flexibility index (Phi) is 5.36. The number of hydrogen-bond donors (Lipinski definition) is 3. The maximum absolute atomic E-state index is 13.1. The molecule has 34 heavy (non-hydrogen) atoms. The Labute approximate surface area is 200 Å². The first-order valence-corrected chi connectivity index (χ1v) is 12.4. The molecule has 0 spiro atoms. The van der Waals surface area contributed by atoms with Crippen LogP contribution >= 0.6 is 0 Å². The second-order valence-corrected chi connectivity index (χ2v) is 11.4. The minimum absolute atomic E-state index is 0.0676. The molecule has 1 aromatic heterocycles. The monoisotopic (exact) mass is 469 g/mol. The summed E-state index contributed by atoms with van der Waals surface area (Å²) >= 11 is 0. The van der Waals surface area contributed by atoms with Crippen LogP contribution in [0.15, 0.2) is 36.2 Å². The number of aliphatic hydroxyl groups excluding tert-OH is 1. The second-order valence-electron chi connectivity index (χ2n) is 11.4. The molecule has 0 amide bonds. The first-order chi connectivity index (χ1) is 16.0. The van der Waals surface area contributed by atoms with E-state index in [0.29, 0.717) is 37.7 Å². The van der Waals surface area contributed by atoms with Gasteiger partial charge in [-0.25, -0.2) is 4.79 Å². The van der Waals surface area contributed by atoms with Crippen molar-refractivity contribution in [2.24, 2.45) is 22.7 Å². The van der Waals surface area contributed by atoms with Crippen LogP contribution in [0.4, 0.5) is 0 Å². The zero-order valence-electron chi connectivity index (χ0n) is 20.2. The lowest BCUT2D eigenvalue weighted by Crippen LogP contribution is -2.75. The fourth-order valence-electron chi connectivity index (χ4n) is 8.11. The van der Waals surface area contributed by atoms with Crippen LogP contribution in [0.5, 0.6) is 0 Å². The van der Waals surface area contributed by atoms with E-state index in [1.807, 2.05) is 13.0 Å². The summed E-state index contributed by atoms with van der Waals surface area (Å²) in [5, 5.41) is 35.0. The van der Waals surface area contributed by atoms with Gasteiger partial charge in [0.05, 0.1) is 11.7 Å². The summed E-state index contributed by atoms with van der Waals surface area (Å²) in [5.74, 6) is -1.51. The molecule has 4 aliphatic carbocycles. The van der Waals surface area contributed by atoms with Gasteiger partial charge in [0, 0.05) is 29.6 Å². The minimum atomic E-state index is -1.60. The fourth-order valence-corrected chi connectivity index (χ4v) is 8.11. The molecule has 5 rings (SSSR count). The van der Waals surface area contributed by atoms with Gasteiger partial charge in [0.25, 0.3) is 0 Å². The molecule has 8 atom stereocenters. The van der Waals surface area contributed by atoms with Crippen LogP contribution in [0.3, 0.4) is 0 Å². The molecule has 0 unspecified atom stereocenters. The highest BCUT2D eigenvalue weighted by Gasteiger charge is 2.77. The first-order valence-electron chi connectivity index (χ1n) is 12.4. The van der Waals surface area contributed by atoms with Crippen LogP contribution in [-0.2, 0) is 9.53 Å². The van der Waals surface area contributed by atoms with E-state index < -0.39 is 46.1 Å². The van der Waals surface area contributed by atoms with Gasteiger partial charge in [0.2, 0.25) is 0 Å². The number of hydrogen-bond acceptors (Lipinski definition) is 7. The number of aliphatic hydroxyl groups is 3. The quantitative estimate of drug-likeness (QED) is 0.460. The summed E-state index contributed by atoms with van der Waals surface area (Å²) in [6.45, 7) is 5.43. The van der Waals surface area contributed by atoms with Crippen molar-refractivity contribution < 1.29 is 29.6 Å². The van der Waals surface area contributed by atoms with E-state index in [1.165, 1.54) is 13.1 Å². The maximum Gasteiger partial charge on any atom is 0.339 e. The molecule has 184 valence electrons. The Balaban J connectivity index is 1.61. The number of nitrogens with zero attached hydrogens (tertiary/aromatic N) is 1. The summed E-state index contributed by atoms with van der Waals surface area (Å²) in [5.41, 5.74) is -3.20. The van der Waals surface area contributed by atoms with Crippen molar-refractivity contribution in [3.63, 3.8) is 0 Å². The van der Waals surface area contributed by atoms with Crippen LogP contribution in [0.1, 0.15) is 76.1 Å². The molecule has 7 nitrogen and oxygen atoms in total. The molecule has 1 aromatic rings. The average molecular weight is 470 g/mol. The van der Waals surface area contributed by atoms with E-state index in [1.54, 1.807) is 18.3 Å². The van der Waals surface area contributed by atoms with Crippen molar-refractivity contribution in [1.29, 1.82) is 0 Å². The summed E-state index contributed by atoms with van der Waals surface area (Å²) in [6, 6.07) is 3.29. The lowest BCUT2D eigenvalue weighted by atomic mass is 9.43. The van der Waals surface area contributed by atoms with Crippen molar-refractivity contribution in [3.05, 3.63) is 41.7 Å². The number of carbonyl (C=O) groups is 2. The van der Waals surface area contributed by atoms with Crippen LogP contribution in [0.2, 0.25) is 0 Å². The smallest absolute Gasteiger partial charge is 0.339 e. The number of aromatic nitrogens is 1. The van der Waals surface area contributed by atoms with Crippen molar-refractivity contribution >= 4 is 11.8 Å². The van der Waals surface area contributed by atoms with E-state index in [2.05, 4.69) is 11.9 Å². The third-order valence-electron chi connectivity index (χ3n) is 10.1. The largest absolute Gasteiger partial charge is 0.458 e. The molecule has 0 aromatic carbocycles. The lowest BCUT2D eigenvalue weighted by molar-refractivity contribution is -0.297. The van der Waals surface area contributed by atoms with Crippen molar-refractivity contribution in [2.75, 3.05) is 0 Å². The fraction of sp³-hybridized carbons (Fsp3) is 0.667. The van der Waals surface area contributed by atoms with E-state index in [4.69, 9.17) is 4.74 Å². The van der Waals surface area contributed by atoms with E-state index in [-0.39, 0.29) is 24.5 Å². The average Bonchev–Trinajstić information content (AvgIpc) is 3.10. The van der Waals surface area contributed by atoms with Gasteiger partial charge in [-0.1, -0.05) is 25.5 Å². The van der Waals surface area contributed by atoms with Gasteiger partial charge in [0.1, 0.15) is 23.1 Å². The molecular formula is C27H35NO6. The number of pyridine rings is 1. The highest BCUT2D eigenvalue weighted by molar-refractivity contribution is 5.89. The van der Waals surface area contributed by atoms with Gasteiger partial charge in [0.15, 0.2) is 0 Å². The molecule has 3 N–H and O–H groups in total. The normalized spacial score (nSPS) is 45.4. The van der Waals surface area contributed by atoms with Crippen LogP contribution in [-0.4, -0.2) is 55.5 Å². The molecule has 3 saturated carbocycles. The third-order valence-corrected chi connectivity index (χ3v) is 10.1. The molecular weight excluding hydrogens is 434 g/mol. The number of carbonyl (C=O) groups excluding carboxylic acids is 2. The van der Waals surface area contributed by atoms with Crippen LogP contribution < -0.4 is 0 Å². The van der Waals surface area contributed by atoms with E-state index in [9.17, 15) is 24.9 Å². The maximum atomic E-state index is 13.1. The van der Waals surface area contributed by atoms with Gasteiger partial charge in [-0.2, -0.15) is 0 Å². The summed E-state index contributed by atoms with van der Waals surface area (Å²) in [4.78, 5) is 29.9. The standard InChI is InChI=1S/C27H35NO6/c1-16(29)20-8-11-27(33)25(20,3)22(34-23(31)17-5-4-12-28-15-17)14-21-24(2)9-7-19(30)13-18(24)6-10-26(21,27)32/h4-6,12,15,19-22,30,32-33H,7-11,13-14H2,1-3H3/t19-,20+,21+,22+,24-,25-,26-,27+/m0/s1. The number of ketones is 1. The topological polar surface area (TPSA) is 117 Å². The van der Waals surface area contributed by atoms with Crippen molar-refractivity contribution in [1.82, 2.24) is 4.98 Å². The molecule has 0 bridgehead atoms. The van der Waals surface area contributed by atoms with Crippen molar-refractivity contribution in [3.8, 4) is 0 Å². The Morgan fingerprint density at radius 2 is 1.94 bits per heavy atom. The summed E-state index contributed by atoms with van der Waals surface area (Å²) in [6.07, 6.45) is 7.01. The van der Waals surface area contributed by atoms with Gasteiger partial charge in [-0.15, -0.1) is 0 Å². The lowest BCUT2D eigenvalue weighted by Gasteiger charge is -2.66. The van der Waals surface area contributed by atoms with Crippen molar-refractivity contribution in [2.45, 2.75) is 89.1 Å². The Morgan fingerprint density at radius 1 is 1.18 bits per heavy atom. The Hall–Kier alpha value is -2.09. The Morgan fingerprint density at radius 3 is 2.62 bits per heavy atom. The highest BCUT2D eigenvalue weighted by atomic mass is 16.5. The zero-order valence-corrected chi connectivity index (χ0v) is 20.2. The molecule has 4 aliphatic rings. The van der Waals surface area contributed by atoms with E-state index in [0.717, 1.165) is 5.57 Å². The minimum Gasteiger partial charge on any atom is -0.458 e. The van der Waals surface area contributed by atoms with Crippen LogP contribution in [0.25, 0.3) is 0 Å². The molecule has 1 heterocycles. The number of Topliss-reactive ketones (excluding diaryl/α,β-unsaturated/α-hetero) is 1. The summed E-state index contributed by atoms with van der Waals surface area (Å²) in [7, 11) is 0. The van der Waals surface area contributed by atoms with Crippen LogP contribution in [0, 0.1) is 22.7 Å². The molecule has 0 radical (unpaired) electrons. The summed E-state index contributed by atoms with van der Waals surface area (Å²) < 4.78 is 6.11. The zero-order chi connectivity index (χ0) is 24.5. The predicted molar refractivity (Wildman–Crippen MR) is 124 cm³/mol. The van der Waals surface area contributed by atoms with Gasteiger partial charge < -0.3 is 20.1 Å². The van der Waals surface area contributed by atoms with Gasteiger partial charge in [-0.05, 0) is 69.4 Å².